The van der Waals surface area contributed by atoms with E-state index >= 15 is 0 Å². The van der Waals surface area contributed by atoms with Crippen molar-refractivity contribution in [3.05, 3.63) is 47.2 Å². The van der Waals surface area contributed by atoms with Crippen molar-refractivity contribution in [3.8, 4) is 0 Å². The number of hydrogen-bond acceptors (Lipinski definition) is 4. The van der Waals surface area contributed by atoms with Crippen LogP contribution in [0.2, 0.25) is 5.02 Å². The first-order chi connectivity index (χ1) is 9.11. The zero-order chi connectivity index (χ0) is 13.8. The predicted molar refractivity (Wildman–Crippen MR) is 73.0 cm³/mol. The van der Waals surface area contributed by atoms with Gasteiger partial charge in [-0.3, -0.25) is 4.68 Å². The average molecular weight is 280 g/mol. The van der Waals surface area contributed by atoms with Gasteiger partial charge in [0.2, 0.25) is 0 Å². The highest BCUT2D eigenvalue weighted by Gasteiger charge is 2.23. The number of rotatable bonds is 4. The second kappa shape index (κ2) is 5.75. The molecule has 0 aliphatic heterocycles. The Morgan fingerprint density at radius 1 is 1.47 bits per heavy atom. The van der Waals surface area contributed by atoms with Gasteiger partial charge in [-0.1, -0.05) is 23.7 Å². The number of hydrogen-bond donors (Lipinski definition) is 1. The molecule has 0 spiro atoms. The molecule has 1 N–H and O–H groups in total. The summed E-state index contributed by atoms with van der Waals surface area (Å²) in [7, 11) is 3.13. The van der Waals surface area contributed by atoms with Gasteiger partial charge in [0.1, 0.15) is 0 Å². The Labute approximate surface area is 116 Å². The minimum atomic E-state index is -0.640. The van der Waals surface area contributed by atoms with Crippen molar-refractivity contribution in [2.45, 2.75) is 6.04 Å². The van der Waals surface area contributed by atoms with Crippen LogP contribution in [0.5, 0.6) is 0 Å². The van der Waals surface area contributed by atoms with Gasteiger partial charge < -0.3 is 10.1 Å². The first-order valence-electron chi connectivity index (χ1n) is 5.69. The van der Waals surface area contributed by atoms with Gasteiger partial charge in [0.15, 0.2) is 6.04 Å². The van der Waals surface area contributed by atoms with E-state index in [2.05, 4.69) is 10.4 Å². The largest absolute Gasteiger partial charge is 0.467 e. The monoisotopic (exact) mass is 279 g/mol. The van der Waals surface area contributed by atoms with Gasteiger partial charge in [-0.2, -0.15) is 5.10 Å². The maximum Gasteiger partial charge on any atom is 0.333 e. The summed E-state index contributed by atoms with van der Waals surface area (Å²) in [5.41, 5.74) is 1.39. The van der Waals surface area contributed by atoms with E-state index in [0.29, 0.717) is 16.3 Å². The Bertz CT molecular complexity index is 583. The van der Waals surface area contributed by atoms with E-state index in [1.165, 1.54) is 7.11 Å². The van der Waals surface area contributed by atoms with Crippen molar-refractivity contribution in [1.82, 2.24) is 9.78 Å². The number of nitrogens with one attached hydrogen (secondary N) is 1. The first kappa shape index (κ1) is 13.4. The molecule has 1 aromatic heterocycles. The molecule has 6 heteroatoms. The minimum absolute atomic E-state index is 0.395. The lowest BCUT2D eigenvalue weighted by atomic mass is 10.1. The second-order valence-electron chi connectivity index (χ2n) is 4.03. The molecule has 0 aliphatic carbocycles. The van der Waals surface area contributed by atoms with Crippen molar-refractivity contribution in [2.75, 3.05) is 12.4 Å². The number of methoxy groups -OCH3 is 1. The van der Waals surface area contributed by atoms with Crippen LogP contribution < -0.4 is 5.32 Å². The number of carbonyl (C=O) groups is 1. The lowest BCUT2D eigenvalue weighted by Crippen LogP contribution is -2.22. The molecule has 0 radical (unpaired) electrons. The highest BCUT2D eigenvalue weighted by molar-refractivity contribution is 6.33. The van der Waals surface area contributed by atoms with Crippen LogP contribution in [0.15, 0.2) is 36.7 Å². The van der Waals surface area contributed by atoms with Crippen molar-refractivity contribution in [3.63, 3.8) is 0 Å². The van der Waals surface area contributed by atoms with Gasteiger partial charge in [0.25, 0.3) is 0 Å². The molecule has 0 aliphatic rings. The SMILES string of the molecule is COC(=O)C(Nc1ccccc1Cl)c1cnn(C)c1. The molecule has 5 nitrogen and oxygen atoms in total. The van der Waals surface area contributed by atoms with E-state index in [-0.39, 0.29) is 0 Å². The summed E-state index contributed by atoms with van der Waals surface area (Å²) in [6.45, 7) is 0. The number of ether oxygens (including phenoxy) is 1. The molecule has 2 aromatic rings. The van der Waals surface area contributed by atoms with Crippen molar-refractivity contribution in [2.24, 2.45) is 7.05 Å². The molecular weight excluding hydrogens is 266 g/mol. The average Bonchev–Trinajstić information content (AvgIpc) is 2.83. The van der Waals surface area contributed by atoms with Crippen LogP contribution in [0.4, 0.5) is 5.69 Å². The summed E-state index contributed by atoms with van der Waals surface area (Å²) in [4.78, 5) is 11.9. The Balaban J connectivity index is 2.29. The van der Waals surface area contributed by atoms with Crippen LogP contribution >= 0.6 is 11.6 Å². The van der Waals surface area contributed by atoms with Gasteiger partial charge >= 0.3 is 5.97 Å². The molecule has 0 saturated carbocycles. The van der Waals surface area contributed by atoms with E-state index in [0.717, 1.165) is 0 Å². The number of carbonyl (C=O) groups excluding carboxylic acids is 1. The van der Waals surface area contributed by atoms with Crippen LogP contribution in [-0.4, -0.2) is 22.9 Å². The third-order valence-corrected chi connectivity index (χ3v) is 3.00. The quantitative estimate of drug-likeness (QED) is 0.873. The van der Waals surface area contributed by atoms with E-state index in [1.807, 2.05) is 12.1 Å². The number of para-hydroxylation sites is 1. The molecule has 100 valence electrons. The van der Waals surface area contributed by atoms with E-state index in [9.17, 15) is 4.79 Å². The molecule has 1 aromatic carbocycles. The molecule has 2 rings (SSSR count). The lowest BCUT2D eigenvalue weighted by Gasteiger charge is -2.17. The number of aryl methyl sites for hydroxylation is 1. The van der Waals surface area contributed by atoms with Gasteiger partial charge in [-0.05, 0) is 12.1 Å². The smallest absolute Gasteiger partial charge is 0.333 e. The maximum absolute atomic E-state index is 11.9. The predicted octanol–water partition coefficient (Wildman–Crippen LogP) is 2.40. The van der Waals surface area contributed by atoms with Crippen molar-refractivity contribution in [1.29, 1.82) is 0 Å². The summed E-state index contributed by atoms with van der Waals surface area (Å²) in [5.74, 6) is -0.395. The minimum Gasteiger partial charge on any atom is -0.467 e. The third kappa shape index (κ3) is 3.06. The van der Waals surface area contributed by atoms with Crippen LogP contribution in [0.3, 0.4) is 0 Å². The molecular formula is C13H14ClN3O2. The normalized spacial score (nSPS) is 11.9. The Morgan fingerprint density at radius 2 is 2.21 bits per heavy atom. The van der Waals surface area contributed by atoms with Crippen LogP contribution in [0.25, 0.3) is 0 Å². The fourth-order valence-corrected chi connectivity index (χ4v) is 1.91. The van der Waals surface area contributed by atoms with Gasteiger partial charge in [-0.15, -0.1) is 0 Å². The maximum atomic E-state index is 11.9. The number of anilines is 1. The van der Waals surface area contributed by atoms with E-state index in [4.69, 9.17) is 16.3 Å². The summed E-state index contributed by atoms with van der Waals surface area (Å²) in [6.07, 6.45) is 3.37. The Hall–Kier alpha value is -2.01. The topological polar surface area (TPSA) is 56.1 Å². The number of benzene rings is 1. The molecule has 0 fully saturated rings. The van der Waals surface area contributed by atoms with Gasteiger partial charge in [0, 0.05) is 18.8 Å². The Morgan fingerprint density at radius 3 is 2.79 bits per heavy atom. The molecule has 0 saturated heterocycles. The van der Waals surface area contributed by atoms with Crippen LogP contribution in [-0.2, 0) is 16.6 Å². The van der Waals surface area contributed by atoms with E-state index in [1.54, 1.807) is 36.3 Å². The first-order valence-corrected chi connectivity index (χ1v) is 6.07. The number of nitrogens with zero attached hydrogens (tertiary/aromatic N) is 2. The fraction of sp³-hybridized carbons (Fsp3) is 0.231. The summed E-state index contributed by atoms with van der Waals surface area (Å²) < 4.78 is 6.43. The van der Waals surface area contributed by atoms with Crippen LogP contribution in [0.1, 0.15) is 11.6 Å². The number of esters is 1. The van der Waals surface area contributed by atoms with Gasteiger partial charge in [-0.25, -0.2) is 4.79 Å². The van der Waals surface area contributed by atoms with Crippen LogP contribution in [0, 0.1) is 0 Å². The van der Waals surface area contributed by atoms with Crippen molar-refractivity contribution >= 4 is 23.3 Å². The third-order valence-electron chi connectivity index (χ3n) is 2.67. The molecule has 1 atom stereocenters. The zero-order valence-corrected chi connectivity index (χ0v) is 11.4. The second-order valence-corrected chi connectivity index (χ2v) is 4.43. The molecule has 19 heavy (non-hydrogen) atoms. The van der Waals surface area contributed by atoms with E-state index < -0.39 is 12.0 Å². The molecule has 0 bridgehead atoms. The summed E-state index contributed by atoms with van der Waals surface area (Å²) in [6, 6.07) is 6.57. The molecule has 0 amide bonds. The highest BCUT2D eigenvalue weighted by atomic mass is 35.5. The molecule has 1 unspecified atom stereocenters. The summed E-state index contributed by atoms with van der Waals surface area (Å²) in [5, 5.41) is 7.66. The molecule has 1 heterocycles. The number of halogens is 1. The Kier molecular flexibility index (Phi) is 4.06. The highest BCUT2D eigenvalue weighted by Crippen LogP contribution is 2.26. The fourth-order valence-electron chi connectivity index (χ4n) is 1.72. The van der Waals surface area contributed by atoms with Crippen molar-refractivity contribution < 1.29 is 9.53 Å². The zero-order valence-electron chi connectivity index (χ0n) is 10.6. The lowest BCUT2D eigenvalue weighted by molar-refractivity contribution is -0.141. The number of aromatic nitrogens is 2. The van der Waals surface area contributed by atoms with Gasteiger partial charge in [0.05, 0.1) is 24.0 Å². The standard InChI is InChI=1S/C13H14ClN3O2/c1-17-8-9(7-15-17)12(13(18)19-2)16-11-6-4-3-5-10(11)14/h3-8,12,16H,1-2H3. The summed E-state index contributed by atoms with van der Waals surface area (Å²) >= 11 is 6.07.